The number of hydrogen-bond donors (Lipinski definition) is 2. The van der Waals surface area contributed by atoms with E-state index < -0.39 is 0 Å². The van der Waals surface area contributed by atoms with Gasteiger partial charge < -0.3 is 10.6 Å². The summed E-state index contributed by atoms with van der Waals surface area (Å²) >= 11 is 0. The maximum atomic E-state index is 12.4. The number of amides is 2. The Hall–Kier alpha value is -1.92. The zero-order valence-electron chi connectivity index (χ0n) is 17.1. The van der Waals surface area contributed by atoms with Crippen LogP contribution in [-0.4, -0.2) is 66.4 Å². The SMILES string of the molecule is C[C@H](NC(=O)CN1CCCN(CC(=O)NC(C)(C)C)CC1)c1ccccc1. The van der Waals surface area contributed by atoms with E-state index in [1.54, 1.807) is 0 Å². The first-order chi connectivity index (χ1) is 12.7. The molecule has 1 aliphatic heterocycles. The lowest BCUT2D eigenvalue weighted by molar-refractivity contribution is -0.124. The highest BCUT2D eigenvalue weighted by atomic mass is 16.2. The Morgan fingerprint density at radius 2 is 1.52 bits per heavy atom. The van der Waals surface area contributed by atoms with Gasteiger partial charge in [0.15, 0.2) is 0 Å². The van der Waals surface area contributed by atoms with Crippen molar-refractivity contribution in [3.8, 4) is 0 Å². The quantitative estimate of drug-likeness (QED) is 0.797. The van der Waals surface area contributed by atoms with Gasteiger partial charge in [-0.1, -0.05) is 30.3 Å². The first kappa shape index (κ1) is 21.4. The second-order valence-corrected chi connectivity index (χ2v) is 8.40. The first-order valence-electron chi connectivity index (χ1n) is 9.83. The Morgan fingerprint density at radius 3 is 2.07 bits per heavy atom. The van der Waals surface area contributed by atoms with Gasteiger partial charge in [0.2, 0.25) is 11.8 Å². The van der Waals surface area contributed by atoms with E-state index >= 15 is 0 Å². The molecule has 0 aliphatic carbocycles. The van der Waals surface area contributed by atoms with Crippen LogP contribution in [0, 0.1) is 0 Å². The highest BCUT2D eigenvalue weighted by Crippen LogP contribution is 2.11. The fraction of sp³-hybridized carbons (Fsp3) is 0.619. The van der Waals surface area contributed by atoms with Gasteiger partial charge in [0.25, 0.3) is 0 Å². The van der Waals surface area contributed by atoms with Gasteiger partial charge in [0, 0.05) is 18.6 Å². The van der Waals surface area contributed by atoms with Crippen LogP contribution in [0.2, 0.25) is 0 Å². The number of rotatable bonds is 6. The Balaban J connectivity index is 1.75. The van der Waals surface area contributed by atoms with E-state index in [2.05, 4.69) is 20.4 Å². The average Bonchev–Trinajstić information content (AvgIpc) is 2.79. The van der Waals surface area contributed by atoms with Gasteiger partial charge in [-0.15, -0.1) is 0 Å². The minimum absolute atomic E-state index is 0.00303. The second kappa shape index (κ2) is 9.85. The molecule has 0 radical (unpaired) electrons. The highest BCUT2D eigenvalue weighted by molar-refractivity contribution is 5.79. The van der Waals surface area contributed by atoms with Crippen LogP contribution < -0.4 is 10.6 Å². The molecule has 1 aromatic rings. The van der Waals surface area contributed by atoms with Gasteiger partial charge in [-0.25, -0.2) is 0 Å². The van der Waals surface area contributed by atoms with Crippen molar-refractivity contribution in [1.29, 1.82) is 0 Å². The Morgan fingerprint density at radius 1 is 0.963 bits per heavy atom. The lowest BCUT2D eigenvalue weighted by atomic mass is 10.1. The van der Waals surface area contributed by atoms with Crippen molar-refractivity contribution in [2.45, 2.75) is 45.7 Å². The molecule has 150 valence electrons. The topological polar surface area (TPSA) is 64.7 Å². The Labute approximate surface area is 163 Å². The van der Waals surface area contributed by atoms with Crippen molar-refractivity contribution in [3.05, 3.63) is 35.9 Å². The van der Waals surface area contributed by atoms with Crippen LogP contribution >= 0.6 is 0 Å². The van der Waals surface area contributed by atoms with Gasteiger partial charge in [-0.2, -0.15) is 0 Å². The summed E-state index contributed by atoms with van der Waals surface area (Å²) in [6.07, 6.45) is 0.963. The van der Waals surface area contributed by atoms with E-state index in [0.717, 1.165) is 38.2 Å². The van der Waals surface area contributed by atoms with Crippen molar-refractivity contribution in [2.75, 3.05) is 39.3 Å². The molecule has 1 fully saturated rings. The molecule has 1 saturated heterocycles. The molecule has 1 aliphatic rings. The van der Waals surface area contributed by atoms with Crippen LogP contribution in [0.1, 0.15) is 45.7 Å². The maximum Gasteiger partial charge on any atom is 0.234 e. The van der Waals surface area contributed by atoms with Crippen molar-refractivity contribution in [1.82, 2.24) is 20.4 Å². The summed E-state index contributed by atoms with van der Waals surface area (Å²) in [6.45, 7) is 12.2. The van der Waals surface area contributed by atoms with Crippen molar-refractivity contribution < 1.29 is 9.59 Å². The lowest BCUT2D eigenvalue weighted by Gasteiger charge is -2.25. The molecule has 6 heteroatoms. The van der Waals surface area contributed by atoms with E-state index in [9.17, 15) is 9.59 Å². The zero-order valence-corrected chi connectivity index (χ0v) is 17.1. The third-order valence-electron chi connectivity index (χ3n) is 4.61. The number of hydrogen-bond acceptors (Lipinski definition) is 4. The van der Waals surface area contributed by atoms with E-state index in [-0.39, 0.29) is 23.4 Å². The minimum Gasteiger partial charge on any atom is -0.350 e. The third kappa shape index (κ3) is 8.10. The second-order valence-electron chi connectivity index (χ2n) is 8.40. The lowest BCUT2D eigenvalue weighted by Crippen LogP contribution is -2.46. The van der Waals surface area contributed by atoms with Crippen LogP contribution in [0.15, 0.2) is 30.3 Å². The van der Waals surface area contributed by atoms with Gasteiger partial charge in [-0.3, -0.25) is 19.4 Å². The molecule has 0 unspecified atom stereocenters. The van der Waals surface area contributed by atoms with Gasteiger partial charge in [0.1, 0.15) is 0 Å². The molecule has 0 bridgehead atoms. The summed E-state index contributed by atoms with van der Waals surface area (Å²) in [6, 6.07) is 10.00. The molecule has 2 N–H and O–H groups in total. The molecular weight excluding hydrogens is 340 g/mol. The first-order valence-corrected chi connectivity index (χ1v) is 9.83. The monoisotopic (exact) mass is 374 g/mol. The van der Waals surface area contributed by atoms with E-state index in [1.165, 1.54) is 0 Å². The Bertz CT molecular complexity index is 612. The summed E-state index contributed by atoms with van der Waals surface area (Å²) in [5.74, 6) is 0.107. The molecule has 0 saturated carbocycles. The number of nitrogens with one attached hydrogen (secondary N) is 2. The van der Waals surface area contributed by atoms with E-state index in [4.69, 9.17) is 0 Å². The summed E-state index contributed by atoms with van der Waals surface area (Å²) in [7, 11) is 0. The summed E-state index contributed by atoms with van der Waals surface area (Å²) in [4.78, 5) is 28.9. The maximum absolute atomic E-state index is 12.4. The van der Waals surface area contributed by atoms with Crippen molar-refractivity contribution in [3.63, 3.8) is 0 Å². The average molecular weight is 375 g/mol. The molecule has 2 amide bonds. The molecule has 2 rings (SSSR count). The predicted molar refractivity (Wildman–Crippen MR) is 108 cm³/mol. The molecule has 1 aromatic carbocycles. The fourth-order valence-corrected chi connectivity index (χ4v) is 3.32. The Kier molecular flexibility index (Phi) is 7.80. The molecule has 1 heterocycles. The highest BCUT2D eigenvalue weighted by Gasteiger charge is 2.21. The van der Waals surface area contributed by atoms with Crippen LogP contribution in [0.25, 0.3) is 0 Å². The predicted octanol–water partition coefficient (Wildman–Crippen LogP) is 1.79. The molecule has 27 heavy (non-hydrogen) atoms. The van der Waals surface area contributed by atoms with Crippen LogP contribution in [0.5, 0.6) is 0 Å². The van der Waals surface area contributed by atoms with Crippen LogP contribution in [-0.2, 0) is 9.59 Å². The summed E-state index contributed by atoms with van der Waals surface area (Å²) in [5, 5.41) is 6.08. The smallest absolute Gasteiger partial charge is 0.234 e. The number of carbonyl (C=O) groups is 2. The minimum atomic E-state index is -0.206. The summed E-state index contributed by atoms with van der Waals surface area (Å²) < 4.78 is 0. The van der Waals surface area contributed by atoms with Gasteiger partial charge >= 0.3 is 0 Å². The molecule has 1 atom stereocenters. The van der Waals surface area contributed by atoms with Crippen molar-refractivity contribution in [2.24, 2.45) is 0 Å². The number of carbonyl (C=O) groups excluding carboxylic acids is 2. The van der Waals surface area contributed by atoms with Gasteiger partial charge in [0.05, 0.1) is 19.1 Å². The van der Waals surface area contributed by atoms with E-state index in [0.29, 0.717) is 13.1 Å². The van der Waals surface area contributed by atoms with Crippen LogP contribution in [0.4, 0.5) is 0 Å². The molecular formula is C21H34N4O2. The van der Waals surface area contributed by atoms with Gasteiger partial charge in [-0.05, 0) is 52.8 Å². The van der Waals surface area contributed by atoms with Crippen LogP contribution in [0.3, 0.4) is 0 Å². The zero-order chi connectivity index (χ0) is 19.9. The largest absolute Gasteiger partial charge is 0.350 e. The molecule has 0 spiro atoms. The fourth-order valence-electron chi connectivity index (χ4n) is 3.32. The normalized spacial score (nSPS) is 17.8. The van der Waals surface area contributed by atoms with E-state index in [1.807, 2.05) is 58.0 Å². The summed E-state index contributed by atoms with van der Waals surface area (Å²) in [5.41, 5.74) is 0.903. The molecule has 0 aromatic heterocycles. The number of benzene rings is 1. The standard InChI is InChI=1S/C21H34N4O2/c1-17(18-9-6-5-7-10-18)22-19(26)15-24-11-8-12-25(14-13-24)16-20(27)23-21(2,3)4/h5-7,9-10,17H,8,11-16H2,1-4H3,(H,22,26)(H,23,27)/t17-/m0/s1. The third-order valence-corrected chi connectivity index (χ3v) is 4.61. The number of nitrogens with zero attached hydrogens (tertiary/aromatic N) is 2. The molecule has 6 nitrogen and oxygen atoms in total. The van der Waals surface area contributed by atoms with Crippen molar-refractivity contribution >= 4 is 11.8 Å².